The Labute approximate surface area is 220 Å². The van der Waals surface area contributed by atoms with Crippen LogP contribution in [0.4, 0.5) is 17.2 Å². The summed E-state index contributed by atoms with van der Waals surface area (Å²) in [6, 6.07) is 18.5. The first-order valence-corrected chi connectivity index (χ1v) is 12.5. The van der Waals surface area contributed by atoms with Gasteiger partial charge in [-0.2, -0.15) is 0 Å². The van der Waals surface area contributed by atoms with Crippen molar-refractivity contribution in [1.29, 1.82) is 0 Å². The van der Waals surface area contributed by atoms with Crippen LogP contribution in [-0.4, -0.2) is 64.6 Å². The molecular weight excluding hydrogens is 482 g/mol. The minimum absolute atomic E-state index is 0.233. The van der Waals surface area contributed by atoms with Gasteiger partial charge in [0.25, 0.3) is 11.8 Å². The van der Waals surface area contributed by atoms with E-state index in [9.17, 15) is 9.59 Å². The number of morpholine rings is 1. The van der Waals surface area contributed by atoms with Crippen LogP contribution in [0, 0.1) is 6.92 Å². The van der Waals surface area contributed by atoms with Crippen molar-refractivity contribution in [3.63, 3.8) is 0 Å². The second kappa shape index (κ2) is 11.2. The highest BCUT2D eigenvalue weighted by Gasteiger charge is 2.20. The molecule has 4 aromatic rings. The van der Waals surface area contributed by atoms with Crippen LogP contribution in [-0.2, 0) is 4.74 Å². The fraction of sp³-hybridized carbons (Fsp3) is 0.250. The Morgan fingerprint density at radius 3 is 2.61 bits per heavy atom. The smallest absolute Gasteiger partial charge is 0.280 e. The van der Waals surface area contributed by atoms with Gasteiger partial charge < -0.3 is 19.9 Å². The fourth-order valence-corrected chi connectivity index (χ4v) is 4.33. The monoisotopic (exact) mass is 511 g/mol. The second-order valence-corrected chi connectivity index (χ2v) is 8.89. The molecule has 0 saturated carbocycles. The number of aryl methyl sites for hydroxylation is 1. The highest BCUT2D eigenvalue weighted by Crippen LogP contribution is 2.22. The number of aromatic nitrogens is 4. The number of hydrogen-bond donors (Lipinski definition) is 1. The van der Waals surface area contributed by atoms with Crippen molar-refractivity contribution in [3.05, 3.63) is 89.9 Å². The molecule has 1 saturated heterocycles. The minimum Gasteiger partial charge on any atom is -0.378 e. The molecular formula is C28H29N7O3. The Hall–Kier alpha value is -4.57. The summed E-state index contributed by atoms with van der Waals surface area (Å²) in [5.74, 6) is 0.274. The maximum absolute atomic E-state index is 13.2. The summed E-state index contributed by atoms with van der Waals surface area (Å²) in [6.45, 7) is 7.11. The summed E-state index contributed by atoms with van der Waals surface area (Å²) in [5.41, 5.74) is 3.77. The van der Waals surface area contributed by atoms with Crippen LogP contribution in [0.1, 0.15) is 33.3 Å². The van der Waals surface area contributed by atoms with Crippen LogP contribution in [0.25, 0.3) is 5.69 Å². The summed E-state index contributed by atoms with van der Waals surface area (Å²) >= 11 is 0. The van der Waals surface area contributed by atoms with Crippen LogP contribution >= 0.6 is 0 Å². The third-order valence-corrected chi connectivity index (χ3v) is 6.40. The van der Waals surface area contributed by atoms with E-state index in [1.165, 1.54) is 0 Å². The maximum Gasteiger partial charge on any atom is 0.280 e. The molecule has 2 aromatic carbocycles. The molecule has 3 heterocycles. The molecule has 38 heavy (non-hydrogen) atoms. The van der Waals surface area contributed by atoms with Gasteiger partial charge in [0, 0.05) is 42.8 Å². The molecule has 1 aliphatic heterocycles. The first kappa shape index (κ1) is 25.1. The van der Waals surface area contributed by atoms with Crippen LogP contribution in [0.5, 0.6) is 0 Å². The van der Waals surface area contributed by atoms with Gasteiger partial charge in [0.05, 0.1) is 25.1 Å². The summed E-state index contributed by atoms with van der Waals surface area (Å²) in [7, 11) is 0. The Kier molecular flexibility index (Phi) is 7.41. The van der Waals surface area contributed by atoms with Crippen LogP contribution in [0.15, 0.2) is 73.1 Å². The van der Waals surface area contributed by atoms with E-state index in [0.29, 0.717) is 36.7 Å². The van der Waals surface area contributed by atoms with E-state index in [0.717, 1.165) is 30.2 Å². The van der Waals surface area contributed by atoms with Gasteiger partial charge >= 0.3 is 0 Å². The number of nitrogens with one attached hydrogen (secondary N) is 1. The van der Waals surface area contributed by atoms with E-state index in [1.54, 1.807) is 34.1 Å². The number of carbonyl (C=O) groups excluding carboxylic acids is 2. The van der Waals surface area contributed by atoms with E-state index in [2.05, 4.69) is 25.5 Å². The maximum atomic E-state index is 13.2. The summed E-state index contributed by atoms with van der Waals surface area (Å²) in [5, 5.41) is 11.3. The molecule has 10 nitrogen and oxygen atoms in total. The predicted octanol–water partition coefficient (Wildman–Crippen LogP) is 3.73. The van der Waals surface area contributed by atoms with Crippen molar-refractivity contribution in [1.82, 2.24) is 20.0 Å². The molecule has 1 aliphatic rings. The highest BCUT2D eigenvalue weighted by molar-refractivity contribution is 6.05. The van der Waals surface area contributed by atoms with Crippen LogP contribution in [0.2, 0.25) is 0 Å². The lowest BCUT2D eigenvalue weighted by Crippen LogP contribution is -2.36. The van der Waals surface area contributed by atoms with E-state index < -0.39 is 0 Å². The van der Waals surface area contributed by atoms with Gasteiger partial charge in [-0.15, -0.1) is 5.10 Å². The minimum atomic E-state index is -0.243. The second-order valence-electron chi connectivity index (χ2n) is 8.89. The third kappa shape index (κ3) is 5.40. The van der Waals surface area contributed by atoms with E-state index in [4.69, 9.17) is 4.74 Å². The highest BCUT2D eigenvalue weighted by atomic mass is 16.5. The van der Waals surface area contributed by atoms with Crippen LogP contribution in [0.3, 0.4) is 0 Å². The summed E-state index contributed by atoms with van der Waals surface area (Å²) in [6.07, 6.45) is 3.25. The zero-order valence-corrected chi connectivity index (χ0v) is 21.4. The van der Waals surface area contributed by atoms with E-state index in [1.807, 2.05) is 62.4 Å². The van der Waals surface area contributed by atoms with Gasteiger partial charge in [0.2, 0.25) is 0 Å². The van der Waals surface area contributed by atoms with Crippen molar-refractivity contribution in [2.45, 2.75) is 13.8 Å². The average molecular weight is 512 g/mol. The Bertz CT molecular complexity index is 1430. The standard InChI is InChI=1S/C28H29N7O3/c1-3-34(23-7-5-4-6-8-23)28(37)24-19-35(32-31-24)25-18-22(10-9-20(25)2)30-27(36)21-11-12-29-26(17-21)33-13-15-38-16-14-33/h4-12,17-19H,3,13-16H2,1-2H3,(H,30,36). The van der Waals surface area contributed by atoms with Crippen molar-refractivity contribution < 1.29 is 14.3 Å². The normalized spacial score (nSPS) is 13.3. The average Bonchev–Trinajstić information content (AvgIpc) is 3.46. The third-order valence-electron chi connectivity index (χ3n) is 6.40. The van der Waals surface area contributed by atoms with Gasteiger partial charge in [-0.25, -0.2) is 9.67 Å². The lowest BCUT2D eigenvalue weighted by molar-refractivity contribution is 0.0982. The van der Waals surface area contributed by atoms with E-state index >= 15 is 0 Å². The zero-order valence-electron chi connectivity index (χ0n) is 21.4. The molecule has 0 atom stereocenters. The first-order valence-electron chi connectivity index (χ1n) is 12.5. The first-order chi connectivity index (χ1) is 18.5. The Morgan fingerprint density at radius 1 is 1.05 bits per heavy atom. The van der Waals surface area contributed by atoms with Gasteiger partial charge in [-0.3, -0.25) is 9.59 Å². The summed E-state index contributed by atoms with van der Waals surface area (Å²) < 4.78 is 6.96. The summed E-state index contributed by atoms with van der Waals surface area (Å²) in [4.78, 5) is 34.4. The molecule has 1 fully saturated rings. The SMILES string of the molecule is CCN(C(=O)c1cn(-c2cc(NC(=O)c3ccnc(N4CCOCC4)c3)ccc2C)nn1)c1ccccc1. The van der Waals surface area contributed by atoms with E-state index in [-0.39, 0.29) is 17.5 Å². The number of nitrogens with zero attached hydrogens (tertiary/aromatic N) is 6. The molecule has 0 unspecified atom stereocenters. The number of benzene rings is 2. The van der Waals surface area contributed by atoms with Gasteiger partial charge in [0.1, 0.15) is 5.82 Å². The number of amides is 2. The fourth-order valence-electron chi connectivity index (χ4n) is 4.33. The van der Waals surface area contributed by atoms with Crippen molar-refractivity contribution >= 4 is 29.0 Å². The van der Waals surface area contributed by atoms with Crippen molar-refractivity contribution in [2.24, 2.45) is 0 Å². The Balaban J connectivity index is 1.33. The lowest BCUT2D eigenvalue weighted by atomic mass is 10.1. The number of ether oxygens (including phenoxy) is 1. The predicted molar refractivity (Wildman–Crippen MR) is 145 cm³/mol. The number of pyridine rings is 1. The molecule has 0 radical (unpaired) electrons. The van der Waals surface area contributed by atoms with Gasteiger partial charge in [0.15, 0.2) is 5.69 Å². The molecule has 2 amide bonds. The molecule has 2 aromatic heterocycles. The topological polar surface area (TPSA) is 105 Å². The van der Waals surface area contributed by atoms with Crippen molar-refractivity contribution in [3.8, 4) is 5.69 Å². The molecule has 0 spiro atoms. The quantitative estimate of drug-likeness (QED) is 0.403. The number of hydrogen-bond acceptors (Lipinski definition) is 7. The largest absolute Gasteiger partial charge is 0.378 e. The number of para-hydroxylation sites is 1. The molecule has 0 aliphatic carbocycles. The number of anilines is 3. The lowest BCUT2D eigenvalue weighted by Gasteiger charge is -2.27. The molecule has 5 rings (SSSR count). The Morgan fingerprint density at radius 2 is 1.84 bits per heavy atom. The van der Waals surface area contributed by atoms with Gasteiger partial charge in [-0.05, 0) is 55.8 Å². The molecule has 1 N–H and O–H groups in total. The number of rotatable bonds is 7. The molecule has 0 bridgehead atoms. The number of carbonyl (C=O) groups is 2. The molecule has 194 valence electrons. The van der Waals surface area contributed by atoms with Crippen molar-refractivity contribution in [2.75, 3.05) is 48.0 Å². The van der Waals surface area contributed by atoms with Gasteiger partial charge in [-0.1, -0.05) is 29.5 Å². The van der Waals surface area contributed by atoms with Crippen LogP contribution < -0.4 is 15.1 Å². The molecule has 10 heteroatoms. The zero-order chi connectivity index (χ0) is 26.5.